The van der Waals surface area contributed by atoms with Gasteiger partial charge < -0.3 is 19.9 Å². The summed E-state index contributed by atoms with van der Waals surface area (Å²) in [5.74, 6) is 1.17. The van der Waals surface area contributed by atoms with Crippen LogP contribution in [0, 0.1) is 0 Å². The summed E-state index contributed by atoms with van der Waals surface area (Å²) in [5, 5.41) is 7.13. The number of nitrogens with zero attached hydrogens (tertiary/aromatic N) is 3. The maximum absolute atomic E-state index is 12.5. The number of fused-ring (bicyclic) bond motifs is 4. The Bertz CT molecular complexity index is 1260. The van der Waals surface area contributed by atoms with Crippen LogP contribution in [0.3, 0.4) is 0 Å². The third kappa shape index (κ3) is 2.89. The van der Waals surface area contributed by atoms with Crippen LogP contribution in [0.5, 0.6) is 5.75 Å². The number of ether oxygens (including phenoxy) is 1. The van der Waals surface area contributed by atoms with Crippen molar-refractivity contribution in [3.05, 3.63) is 76.7 Å². The predicted molar refractivity (Wildman–Crippen MR) is 106 cm³/mol. The zero-order chi connectivity index (χ0) is 20.0. The largest absolute Gasteiger partial charge is 0.483 e. The van der Waals surface area contributed by atoms with E-state index in [0.717, 1.165) is 11.3 Å². The molecule has 0 spiro atoms. The van der Waals surface area contributed by atoms with Gasteiger partial charge in [0, 0.05) is 6.54 Å². The fourth-order valence-corrected chi connectivity index (χ4v) is 3.27. The van der Waals surface area contributed by atoms with Crippen LogP contribution in [0.4, 0.5) is 5.69 Å². The van der Waals surface area contributed by atoms with Gasteiger partial charge in [-0.2, -0.15) is 0 Å². The first-order valence-electron chi connectivity index (χ1n) is 8.86. The number of aromatic amines is 1. The molecule has 5 rings (SSSR count). The van der Waals surface area contributed by atoms with Crippen molar-refractivity contribution in [2.24, 2.45) is 5.16 Å². The molecule has 0 saturated heterocycles. The highest BCUT2D eigenvalue weighted by atomic mass is 16.7. The van der Waals surface area contributed by atoms with Crippen LogP contribution >= 0.6 is 0 Å². The molecule has 29 heavy (non-hydrogen) atoms. The molecule has 3 heterocycles. The summed E-state index contributed by atoms with van der Waals surface area (Å²) in [5.41, 5.74) is 1.67. The molecule has 0 unspecified atom stereocenters. The van der Waals surface area contributed by atoms with Crippen molar-refractivity contribution in [3.63, 3.8) is 0 Å². The van der Waals surface area contributed by atoms with E-state index in [1.165, 1.54) is 0 Å². The smallest absolute Gasteiger partial charge is 0.287 e. The monoisotopic (exact) mass is 389 g/mol. The minimum Gasteiger partial charge on any atom is -0.483 e. The number of anilines is 1. The highest BCUT2D eigenvalue weighted by Crippen LogP contribution is 2.37. The minimum atomic E-state index is -0.474. The number of benzene rings is 2. The summed E-state index contributed by atoms with van der Waals surface area (Å²) < 4.78 is 5.66. The third-order valence-electron chi connectivity index (χ3n) is 4.67. The second-order valence-corrected chi connectivity index (χ2v) is 6.53. The number of nitrogens with one attached hydrogen (secondary N) is 2. The Labute approximate surface area is 164 Å². The van der Waals surface area contributed by atoms with Crippen molar-refractivity contribution in [2.45, 2.75) is 6.54 Å². The number of aromatic nitrogens is 2. The number of hydrogen-bond acceptors (Lipinski definition) is 7. The number of para-hydroxylation sites is 1. The van der Waals surface area contributed by atoms with Gasteiger partial charge in [-0.3, -0.25) is 14.5 Å². The van der Waals surface area contributed by atoms with E-state index in [-0.39, 0.29) is 17.9 Å². The van der Waals surface area contributed by atoms with Gasteiger partial charge in [0.2, 0.25) is 5.88 Å². The molecule has 2 aliphatic heterocycles. The standard InChI is InChI=1S/C20H15N5O4/c1-11-25-15-8-12(6-7-16(15)28-10-17(25)24-29-11)9-21-20(27)18-22-14-5-3-2-4-13(14)19(26)23-18/h2-8H,1,9-10H2,(H,21,27)(H,22,23,26). The summed E-state index contributed by atoms with van der Waals surface area (Å²) in [4.78, 5) is 38.3. The fourth-order valence-electron chi connectivity index (χ4n) is 3.27. The lowest BCUT2D eigenvalue weighted by molar-refractivity contribution is 0.0940. The molecule has 2 N–H and O–H groups in total. The summed E-state index contributed by atoms with van der Waals surface area (Å²) >= 11 is 0. The molecule has 9 heteroatoms. The fraction of sp³-hybridized carbons (Fsp3) is 0.100. The Kier molecular flexibility index (Phi) is 3.80. The van der Waals surface area contributed by atoms with Crippen molar-refractivity contribution in [1.29, 1.82) is 0 Å². The normalized spacial score (nSPS) is 14.6. The van der Waals surface area contributed by atoms with E-state index in [4.69, 9.17) is 9.57 Å². The van der Waals surface area contributed by atoms with Gasteiger partial charge in [0.15, 0.2) is 18.3 Å². The Hall–Kier alpha value is -4.14. The summed E-state index contributed by atoms with van der Waals surface area (Å²) in [7, 11) is 0. The van der Waals surface area contributed by atoms with Gasteiger partial charge in [-0.15, -0.1) is 0 Å². The zero-order valence-corrected chi connectivity index (χ0v) is 15.1. The maximum atomic E-state index is 12.5. The number of carbonyl (C=O) groups is 1. The molecule has 1 aromatic heterocycles. The van der Waals surface area contributed by atoms with Crippen LogP contribution in [0.25, 0.3) is 10.9 Å². The van der Waals surface area contributed by atoms with Gasteiger partial charge >= 0.3 is 0 Å². The zero-order valence-electron chi connectivity index (χ0n) is 15.1. The number of oxime groups is 1. The van der Waals surface area contributed by atoms with Gasteiger partial charge in [-0.1, -0.05) is 23.4 Å². The second-order valence-electron chi connectivity index (χ2n) is 6.53. The lowest BCUT2D eigenvalue weighted by atomic mass is 10.1. The average molecular weight is 389 g/mol. The second kappa shape index (κ2) is 6.48. The quantitative estimate of drug-likeness (QED) is 0.708. The number of H-pyrrole nitrogens is 1. The van der Waals surface area contributed by atoms with Gasteiger partial charge in [0.25, 0.3) is 11.5 Å². The number of carbonyl (C=O) groups excluding carboxylic acids is 1. The van der Waals surface area contributed by atoms with Gasteiger partial charge in [-0.25, -0.2) is 4.98 Å². The predicted octanol–water partition coefficient (Wildman–Crippen LogP) is 1.87. The van der Waals surface area contributed by atoms with Crippen LogP contribution in [0.2, 0.25) is 0 Å². The van der Waals surface area contributed by atoms with E-state index >= 15 is 0 Å². The van der Waals surface area contributed by atoms with Crippen molar-refractivity contribution >= 4 is 28.3 Å². The van der Waals surface area contributed by atoms with Crippen molar-refractivity contribution < 1.29 is 14.4 Å². The molecule has 0 atom stereocenters. The minimum absolute atomic E-state index is 0.0364. The van der Waals surface area contributed by atoms with E-state index in [2.05, 4.69) is 27.0 Å². The number of amidine groups is 1. The molecule has 2 aliphatic rings. The molecule has 1 amide bonds. The molecule has 0 fully saturated rings. The van der Waals surface area contributed by atoms with Gasteiger partial charge in [0.05, 0.1) is 16.6 Å². The van der Waals surface area contributed by atoms with Crippen molar-refractivity contribution in [1.82, 2.24) is 15.3 Å². The first kappa shape index (κ1) is 17.0. The average Bonchev–Trinajstić information content (AvgIpc) is 3.13. The first-order chi connectivity index (χ1) is 14.1. The van der Waals surface area contributed by atoms with E-state index < -0.39 is 5.91 Å². The molecule has 0 radical (unpaired) electrons. The molecular formula is C20H15N5O4. The first-order valence-corrected chi connectivity index (χ1v) is 8.86. The number of hydrogen-bond donors (Lipinski definition) is 2. The highest BCUT2D eigenvalue weighted by molar-refractivity contribution is 6.04. The summed E-state index contributed by atoms with van der Waals surface area (Å²) in [6.45, 7) is 4.36. The van der Waals surface area contributed by atoms with Crippen molar-refractivity contribution in [3.8, 4) is 5.75 Å². The van der Waals surface area contributed by atoms with Crippen LogP contribution < -0.4 is 20.5 Å². The van der Waals surface area contributed by atoms with Gasteiger partial charge in [-0.05, 0) is 36.4 Å². The Balaban J connectivity index is 1.37. The summed E-state index contributed by atoms with van der Waals surface area (Å²) in [6, 6.07) is 12.4. The molecule has 144 valence electrons. The van der Waals surface area contributed by atoms with Crippen LogP contribution in [-0.4, -0.2) is 28.3 Å². The molecule has 0 saturated carbocycles. The molecule has 9 nitrogen and oxygen atoms in total. The van der Waals surface area contributed by atoms with Crippen LogP contribution in [-0.2, 0) is 11.4 Å². The Morgan fingerprint density at radius 2 is 2.14 bits per heavy atom. The SMILES string of the molecule is C=C1ON=C2COc3ccc(CNC(=O)c4nc5ccccc5c(=O)[nH]4)cc3N12. The maximum Gasteiger partial charge on any atom is 0.287 e. The molecule has 2 aromatic carbocycles. The molecule has 0 aliphatic carbocycles. The van der Waals surface area contributed by atoms with E-state index in [9.17, 15) is 9.59 Å². The molecular weight excluding hydrogens is 374 g/mol. The third-order valence-corrected chi connectivity index (χ3v) is 4.67. The van der Waals surface area contributed by atoms with E-state index in [1.54, 1.807) is 29.2 Å². The number of amides is 1. The van der Waals surface area contributed by atoms with E-state index in [1.807, 2.05) is 18.2 Å². The lowest BCUT2D eigenvalue weighted by Crippen LogP contribution is -2.34. The molecule has 0 bridgehead atoms. The van der Waals surface area contributed by atoms with Crippen molar-refractivity contribution in [2.75, 3.05) is 11.5 Å². The Morgan fingerprint density at radius 3 is 3.03 bits per heavy atom. The van der Waals surface area contributed by atoms with Crippen LogP contribution in [0.1, 0.15) is 16.2 Å². The highest BCUT2D eigenvalue weighted by Gasteiger charge is 2.32. The lowest BCUT2D eigenvalue weighted by Gasteiger charge is -2.26. The number of rotatable bonds is 3. The molecule has 3 aromatic rings. The topological polar surface area (TPSA) is 109 Å². The van der Waals surface area contributed by atoms with E-state index in [0.29, 0.717) is 35.0 Å². The Morgan fingerprint density at radius 1 is 1.28 bits per heavy atom. The summed E-state index contributed by atoms with van der Waals surface area (Å²) in [6.07, 6.45) is 0. The van der Waals surface area contributed by atoms with Gasteiger partial charge in [0.1, 0.15) is 5.75 Å². The van der Waals surface area contributed by atoms with Crippen LogP contribution in [0.15, 0.2) is 64.9 Å².